The quantitative estimate of drug-likeness (QED) is 0.850. The van der Waals surface area contributed by atoms with Crippen molar-refractivity contribution in [2.24, 2.45) is 5.73 Å². The molecule has 1 rings (SSSR count). The van der Waals surface area contributed by atoms with Crippen molar-refractivity contribution in [3.63, 3.8) is 0 Å². The van der Waals surface area contributed by atoms with Crippen molar-refractivity contribution < 1.29 is 4.79 Å². The number of hydrogen-bond donors (Lipinski definition) is 1. The predicted octanol–water partition coefficient (Wildman–Crippen LogP) is 2.17. The molecule has 0 fully saturated rings. The molecule has 0 radical (unpaired) electrons. The fourth-order valence-electron chi connectivity index (χ4n) is 0.754. The Morgan fingerprint density at radius 1 is 1.33 bits per heavy atom. The summed E-state index contributed by atoms with van der Waals surface area (Å²) in [5, 5.41) is 0. The summed E-state index contributed by atoms with van der Waals surface area (Å²) in [4.78, 5) is 11.0. The zero-order valence-electron chi connectivity index (χ0n) is 6.29. The van der Waals surface area contributed by atoms with E-state index in [9.17, 15) is 4.79 Å². The van der Waals surface area contributed by atoms with Crippen molar-refractivity contribution in [3.8, 4) is 0 Å². The summed E-state index contributed by atoms with van der Waals surface area (Å²) in [6.07, 6.45) is 0. The first-order valence-electron chi connectivity index (χ1n) is 3.23. The normalized spacial score (nSPS) is 8.83. The van der Waals surface area contributed by atoms with E-state index in [0.717, 1.165) is 4.47 Å². The van der Waals surface area contributed by atoms with Crippen LogP contribution in [0.3, 0.4) is 0 Å². The second kappa shape index (κ2) is 5.45. The van der Waals surface area contributed by atoms with Crippen LogP contribution in [0, 0.1) is 0 Å². The number of nitrogens with two attached hydrogens (primary N) is 1. The second-order valence-electron chi connectivity index (χ2n) is 2.13. The van der Waals surface area contributed by atoms with Crippen molar-refractivity contribution >= 4 is 38.7 Å². The van der Waals surface area contributed by atoms with Gasteiger partial charge in [-0.05, 0) is 12.1 Å². The molecule has 66 valence electrons. The fourth-order valence-corrected chi connectivity index (χ4v) is 1.02. The number of hydrogen-bond acceptors (Lipinski definition) is 2. The summed E-state index contributed by atoms with van der Waals surface area (Å²) >= 11 is 3.27. The smallest absolute Gasteiger partial charge is 0.176 e. The van der Waals surface area contributed by atoms with Gasteiger partial charge in [-0.2, -0.15) is 0 Å². The Labute approximate surface area is 90.0 Å². The van der Waals surface area contributed by atoms with Gasteiger partial charge in [0.25, 0.3) is 0 Å². The van der Waals surface area contributed by atoms with E-state index in [0.29, 0.717) is 5.56 Å². The first-order valence-corrected chi connectivity index (χ1v) is 4.02. The lowest BCUT2D eigenvalue weighted by atomic mass is 10.1. The lowest BCUT2D eigenvalue weighted by Crippen LogP contribution is -2.13. The zero-order chi connectivity index (χ0) is 8.27. The highest BCUT2D eigenvalue weighted by Gasteiger charge is 2.00. The van der Waals surface area contributed by atoms with E-state index in [1.54, 1.807) is 12.1 Å². The molecule has 0 spiro atoms. The fraction of sp³-hybridized carbons (Fsp3) is 0.125. The molecule has 0 saturated heterocycles. The van der Waals surface area contributed by atoms with Crippen molar-refractivity contribution in [2.45, 2.75) is 0 Å². The number of ketones is 1. The van der Waals surface area contributed by atoms with Gasteiger partial charge in [0.1, 0.15) is 0 Å². The molecule has 2 nitrogen and oxygen atoms in total. The monoisotopic (exact) mass is 293 g/mol. The predicted molar refractivity (Wildman–Crippen MR) is 57.8 cm³/mol. The molecule has 0 amide bonds. The van der Waals surface area contributed by atoms with Crippen LogP contribution in [-0.2, 0) is 0 Å². The maximum atomic E-state index is 11.0. The molecular weight excluding hydrogens is 286 g/mol. The van der Waals surface area contributed by atoms with Crippen LogP contribution in [0.5, 0.6) is 0 Å². The maximum absolute atomic E-state index is 11.0. The van der Waals surface area contributed by atoms with Crippen molar-refractivity contribution in [3.05, 3.63) is 34.3 Å². The van der Waals surface area contributed by atoms with Crippen molar-refractivity contribution in [1.29, 1.82) is 0 Å². The average molecular weight is 295 g/mol. The van der Waals surface area contributed by atoms with Gasteiger partial charge in [0.15, 0.2) is 5.78 Å². The molecule has 12 heavy (non-hydrogen) atoms. The van der Waals surface area contributed by atoms with Gasteiger partial charge in [0.2, 0.25) is 0 Å². The Bertz CT molecular complexity index is 258. The molecule has 0 aliphatic carbocycles. The molecule has 0 aromatic heterocycles. The van der Waals surface area contributed by atoms with E-state index in [4.69, 9.17) is 5.73 Å². The highest BCUT2D eigenvalue weighted by atomic mass is 79.9. The van der Waals surface area contributed by atoms with Gasteiger partial charge in [0, 0.05) is 10.0 Å². The molecule has 0 aliphatic heterocycles. The Kier molecular flexibility index (Phi) is 5.37. The lowest BCUT2D eigenvalue weighted by Gasteiger charge is -1.96. The highest BCUT2D eigenvalue weighted by Crippen LogP contribution is 2.10. The van der Waals surface area contributed by atoms with Gasteiger partial charge in [-0.25, -0.2) is 0 Å². The average Bonchev–Trinajstić information content (AvgIpc) is 2.05. The number of Topliss-reactive ketones (excluding diaryl/α,β-unsaturated/α-hetero) is 1. The minimum atomic E-state index is -0.0301. The third-order valence-corrected chi connectivity index (χ3v) is 1.88. The van der Waals surface area contributed by atoms with E-state index in [1.807, 2.05) is 12.1 Å². The second-order valence-corrected chi connectivity index (χ2v) is 3.05. The lowest BCUT2D eigenvalue weighted by molar-refractivity contribution is 0.100. The number of benzene rings is 1. The van der Waals surface area contributed by atoms with E-state index >= 15 is 0 Å². The number of carbonyl (C=O) groups excluding carboxylic acids is 1. The van der Waals surface area contributed by atoms with Gasteiger partial charge >= 0.3 is 0 Å². The van der Waals surface area contributed by atoms with E-state index in [1.165, 1.54) is 0 Å². The Morgan fingerprint density at radius 3 is 2.25 bits per heavy atom. The van der Waals surface area contributed by atoms with Crippen LogP contribution >= 0.6 is 32.9 Å². The molecule has 1 aromatic carbocycles. The Balaban J connectivity index is 0.00000121. The number of rotatable bonds is 2. The molecule has 0 unspecified atom stereocenters. The summed E-state index contributed by atoms with van der Waals surface area (Å²) in [5.74, 6) is -0.0301. The van der Waals surface area contributed by atoms with Gasteiger partial charge in [-0.1, -0.05) is 28.1 Å². The van der Waals surface area contributed by atoms with Crippen molar-refractivity contribution in [2.75, 3.05) is 6.54 Å². The SMILES string of the molecule is Br.NCC(=O)c1ccc(Br)cc1. The van der Waals surface area contributed by atoms with Gasteiger partial charge in [-0.15, -0.1) is 17.0 Å². The van der Waals surface area contributed by atoms with Crippen LogP contribution in [0.25, 0.3) is 0 Å². The summed E-state index contributed by atoms with van der Waals surface area (Å²) < 4.78 is 0.964. The number of halogens is 2. The first kappa shape index (κ1) is 11.8. The summed E-state index contributed by atoms with van der Waals surface area (Å²) in [6.45, 7) is 0.0711. The maximum Gasteiger partial charge on any atom is 0.176 e. The summed E-state index contributed by atoms with van der Waals surface area (Å²) in [7, 11) is 0. The topological polar surface area (TPSA) is 43.1 Å². The summed E-state index contributed by atoms with van der Waals surface area (Å²) in [6, 6.07) is 7.14. The van der Waals surface area contributed by atoms with Crippen LogP contribution in [0.1, 0.15) is 10.4 Å². The largest absolute Gasteiger partial charge is 0.324 e. The molecule has 1 aromatic rings. The number of carbonyl (C=O) groups is 1. The van der Waals surface area contributed by atoms with Gasteiger partial charge in [0.05, 0.1) is 6.54 Å². The molecule has 0 heterocycles. The zero-order valence-corrected chi connectivity index (χ0v) is 9.59. The Hall–Kier alpha value is -0.190. The highest BCUT2D eigenvalue weighted by molar-refractivity contribution is 9.10. The van der Waals surface area contributed by atoms with Crippen LogP contribution in [0.2, 0.25) is 0 Å². The van der Waals surface area contributed by atoms with E-state index in [-0.39, 0.29) is 29.3 Å². The Morgan fingerprint density at radius 2 is 1.83 bits per heavy atom. The molecule has 0 bridgehead atoms. The third-order valence-electron chi connectivity index (χ3n) is 1.35. The van der Waals surface area contributed by atoms with Gasteiger partial charge in [-0.3, -0.25) is 4.79 Å². The first-order chi connectivity index (χ1) is 5.24. The third kappa shape index (κ3) is 3.05. The molecular formula is C8H9Br2NO. The van der Waals surface area contributed by atoms with Crippen LogP contribution < -0.4 is 5.73 Å². The van der Waals surface area contributed by atoms with E-state index < -0.39 is 0 Å². The molecule has 0 saturated carbocycles. The van der Waals surface area contributed by atoms with Crippen LogP contribution in [0.15, 0.2) is 28.7 Å². The van der Waals surface area contributed by atoms with Crippen LogP contribution in [0.4, 0.5) is 0 Å². The van der Waals surface area contributed by atoms with Gasteiger partial charge < -0.3 is 5.73 Å². The molecule has 4 heteroatoms. The molecule has 2 N–H and O–H groups in total. The molecule has 0 aliphatic rings. The van der Waals surface area contributed by atoms with Crippen LogP contribution in [-0.4, -0.2) is 12.3 Å². The minimum absolute atomic E-state index is 0. The standard InChI is InChI=1S/C8H8BrNO.BrH/c9-7-3-1-6(2-4-7)8(11)5-10;/h1-4H,5,10H2;1H. The molecule has 0 atom stereocenters. The van der Waals surface area contributed by atoms with E-state index in [2.05, 4.69) is 15.9 Å². The summed E-state index contributed by atoms with van der Waals surface area (Å²) in [5.41, 5.74) is 5.84. The van der Waals surface area contributed by atoms with Crippen molar-refractivity contribution in [1.82, 2.24) is 0 Å². The minimum Gasteiger partial charge on any atom is -0.324 e.